The SMILES string of the molecule is Cc1ncsc1CN(C)S(=O)(=O)c1cc(Br)cc(N)c1C. The molecule has 2 N–H and O–H groups in total. The maximum atomic E-state index is 12.7. The van der Waals surface area contributed by atoms with Crippen LogP contribution in [0.15, 0.2) is 27.0 Å². The van der Waals surface area contributed by atoms with Gasteiger partial charge in [-0.25, -0.2) is 13.4 Å². The lowest BCUT2D eigenvalue weighted by atomic mass is 10.2. The van der Waals surface area contributed by atoms with Crippen LogP contribution in [0.2, 0.25) is 0 Å². The van der Waals surface area contributed by atoms with E-state index in [0.717, 1.165) is 10.6 Å². The van der Waals surface area contributed by atoms with Crippen molar-refractivity contribution in [2.75, 3.05) is 12.8 Å². The van der Waals surface area contributed by atoms with Gasteiger partial charge in [0.25, 0.3) is 0 Å². The Morgan fingerprint density at radius 1 is 1.38 bits per heavy atom. The zero-order chi connectivity index (χ0) is 15.8. The zero-order valence-electron chi connectivity index (χ0n) is 11.9. The fourth-order valence-corrected chi connectivity index (χ4v) is 4.83. The highest BCUT2D eigenvalue weighted by Gasteiger charge is 2.25. The van der Waals surface area contributed by atoms with Gasteiger partial charge in [0.15, 0.2) is 0 Å². The lowest BCUT2D eigenvalue weighted by molar-refractivity contribution is 0.468. The van der Waals surface area contributed by atoms with Gasteiger partial charge in [-0.1, -0.05) is 15.9 Å². The average Bonchev–Trinajstić information content (AvgIpc) is 2.79. The largest absolute Gasteiger partial charge is 0.398 e. The van der Waals surface area contributed by atoms with E-state index in [1.54, 1.807) is 31.6 Å². The Hall–Kier alpha value is -0.960. The summed E-state index contributed by atoms with van der Waals surface area (Å²) >= 11 is 4.74. The van der Waals surface area contributed by atoms with Crippen LogP contribution in [0.3, 0.4) is 0 Å². The number of hydrogen-bond donors (Lipinski definition) is 1. The van der Waals surface area contributed by atoms with E-state index in [9.17, 15) is 8.42 Å². The molecule has 0 atom stereocenters. The van der Waals surface area contributed by atoms with Gasteiger partial charge in [-0.2, -0.15) is 4.31 Å². The molecule has 0 saturated heterocycles. The van der Waals surface area contributed by atoms with E-state index in [2.05, 4.69) is 20.9 Å². The second-order valence-corrected chi connectivity index (χ2v) is 8.61. The lowest BCUT2D eigenvalue weighted by Gasteiger charge is -2.19. The summed E-state index contributed by atoms with van der Waals surface area (Å²) in [5.41, 5.74) is 9.44. The van der Waals surface area contributed by atoms with E-state index in [-0.39, 0.29) is 4.90 Å². The highest BCUT2D eigenvalue weighted by molar-refractivity contribution is 9.10. The van der Waals surface area contributed by atoms with Gasteiger partial charge in [0.1, 0.15) is 0 Å². The molecule has 21 heavy (non-hydrogen) atoms. The number of aryl methyl sites for hydroxylation is 1. The summed E-state index contributed by atoms with van der Waals surface area (Å²) in [5.74, 6) is 0. The summed E-state index contributed by atoms with van der Waals surface area (Å²) in [7, 11) is -2.04. The molecule has 1 aromatic heterocycles. The standard InChI is InChI=1S/C13H16BrN3O2S2/c1-8-11(15)4-10(14)5-13(8)21(18,19)17(3)6-12-9(2)16-7-20-12/h4-5,7H,6,15H2,1-3H3. The monoisotopic (exact) mass is 389 g/mol. The molecule has 8 heteroatoms. The maximum absolute atomic E-state index is 12.7. The molecule has 0 radical (unpaired) electrons. The van der Waals surface area contributed by atoms with E-state index in [1.165, 1.54) is 15.6 Å². The molecular formula is C13H16BrN3O2S2. The second kappa shape index (κ2) is 6.04. The predicted molar refractivity (Wildman–Crippen MR) is 88.8 cm³/mol. The number of nitrogens with two attached hydrogens (primary N) is 1. The van der Waals surface area contributed by atoms with Crippen LogP contribution in [0.25, 0.3) is 0 Å². The number of rotatable bonds is 4. The first kappa shape index (κ1) is 16.4. The van der Waals surface area contributed by atoms with Crippen LogP contribution in [0, 0.1) is 13.8 Å². The van der Waals surface area contributed by atoms with E-state index >= 15 is 0 Å². The van der Waals surface area contributed by atoms with E-state index in [1.807, 2.05) is 6.92 Å². The first-order chi connectivity index (χ1) is 9.73. The fraction of sp³-hybridized carbons (Fsp3) is 0.308. The molecule has 0 spiro atoms. The highest BCUT2D eigenvalue weighted by Crippen LogP contribution is 2.29. The van der Waals surface area contributed by atoms with Crippen molar-refractivity contribution in [3.05, 3.63) is 38.3 Å². The minimum Gasteiger partial charge on any atom is -0.398 e. The van der Waals surface area contributed by atoms with Crippen molar-refractivity contribution < 1.29 is 8.42 Å². The number of benzene rings is 1. The molecule has 0 unspecified atom stereocenters. The van der Waals surface area contributed by atoms with E-state index in [0.29, 0.717) is 22.3 Å². The Morgan fingerprint density at radius 3 is 2.62 bits per heavy atom. The molecule has 0 saturated carbocycles. The van der Waals surface area contributed by atoms with Crippen LogP contribution >= 0.6 is 27.3 Å². The molecule has 0 fully saturated rings. The van der Waals surface area contributed by atoms with Gasteiger partial charge in [0, 0.05) is 28.6 Å². The summed E-state index contributed by atoms with van der Waals surface area (Å²) in [6.07, 6.45) is 0. The Bertz CT molecular complexity index is 772. The summed E-state index contributed by atoms with van der Waals surface area (Å²) in [6.45, 7) is 3.87. The summed E-state index contributed by atoms with van der Waals surface area (Å²) < 4.78 is 27.4. The predicted octanol–water partition coefficient (Wildman–Crippen LogP) is 2.93. The van der Waals surface area contributed by atoms with Crippen molar-refractivity contribution in [1.29, 1.82) is 0 Å². The molecule has 1 aromatic carbocycles. The van der Waals surface area contributed by atoms with Crippen molar-refractivity contribution in [2.45, 2.75) is 25.3 Å². The molecule has 2 rings (SSSR count). The van der Waals surface area contributed by atoms with Crippen LogP contribution in [-0.2, 0) is 16.6 Å². The Morgan fingerprint density at radius 2 is 2.05 bits per heavy atom. The number of halogens is 1. The van der Waals surface area contributed by atoms with Crippen LogP contribution in [0.5, 0.6) is 0 Å². The van der Waals surface area contributed by atoms with Gasteiger partial charge in [-0.05, 0) is 31.5 Å². The van der Waals surface area contributed by atoms with Crippen molar-refractivity contribution in [1.82, 2.24) is 9.29 Å². The lowest BCUT2D eigenvalue weighted by Crippen LogP contribution is -2.27. The third kappa shape index (κ3) is 3.28. The molecule has 0 aliphatic carbocycles. The number of anilines is 1. The van der Waals surface area contributed by atoms with Crippen molar-refractivity contribution in [2.24, 2.45) is 0 Å². The third-order valence-corrected chi connectivity index (χ3v) is 6.57. The fourth-order valence-electron chi connectivity index (χ4n) is 1.88. The number of thiazole rings is 1. The van der Waals surface area contributed by atoms with Gasteiger partial charge in [-0.3, -0.25) is 0 Å². The number of aromatic nitrogens is 1. The van der Waals surface area contributed by atoms with Gasteiger partial charge < -0.3 is 5.73 Å². The molecule has 0 bridgehead atoms. The van der Waals surface area contributed by atoms with Crippen molar-refractivity contribution in [3.63, 3.8) is 0 Å². The summed E-state index contributed by atoms with van der Waals surface area (Å²) in [5, 5.41) is 0. The first-order valence-corrected chi connectivity index (χ1v) is 9.25. The maximum Gasteiger partial charge on any atom is 0.243 e. The van der Waals surface area contributed by atoms with Crippen molar-refractivity contribution >= 4 is 43.0 Å². The first-order valence-electron chi connectivity index (χ1n) is 6.14. The van der Waals surface area contributed by atoms with Crippen molar-refractivity contribution in [3.8, 4) is 0 Å². The molecular weight excluding hydrogens is 374 g/mol. The summed E-state index contributed by atoms with van der Waals surface area (Å²) in [4.78, 5) is 5.29. The van der Waals surface area contributed by atoms with Crippen LogP contribution in [0.4, 0.5) is 5.69 Å². The molecule has 0 aliphatic heterocycles. The van der Waals surface area contributed by atoms with Crippen LogP contribution in [-0.4, -0.2) is 24.8 Å². The van der Waals surface area contributed by atoms with Crippen LogP contribution in [0.1, 0.15) is 16.1 Å². The molecule has 0 amide bonds. The molecule has 1 heterocycles. The van der Waals surface area contributed by atoms with Gasteiger partial charge in [0.2, 0.25) is 10.0 Å². The zero-order valence-corrected chi connectivity index (χ0v) is 15.1. The molecule has 5 nitrogen and oxygen atoms in total. The van der Waals surface area contributed by atoms with Gasteiger partial charge in [0.05, 0.1) is 16.1 Å². The number of nitrogen functional groups attached to an aromatic ring is 1. The topological polar surface area (TPSA) is 76.3 Å². The smallest absolute Gasteiger partial charge is 0.243 e. The Kier molecular flexibility index (Phi) is 4.72. The highest BCUT2D eigenvalue weighted by atomic mass is 79.9. The van der Waals surface area contributed by atoms with Gasteiger partial charge >= 0.3 is 0 Å². The third-order valence-electron chi connectivity index (χ3n) is 3.26. The second-order valence-electron chi connectivity index (χ2n) is 4.74. The van der Waals surface area contributed by atoms with E-state index < -0.39 is 10.0 Å². The average molecular weight is 390 g/mol. The van der Waals surface area contributed by atoms with E-state index in [4.69, 9.17) is 5.73 Å². The molecule has 114 valence electrons. The molecule has 0 aliphatic rings. The number of nitrogens with zero attached hydrogens (tertiary/aromatic N) is 2. The normalized spacial score (nSPS) is 12.0. The molecule has 2 aromatic rings. The minimum absolute atomic E-state index is 0.221. The summed E-state index contributed by atoms with van der Waals surface area (Å²) in [6, 6.07) is 3.28. The Labute approximate surface area is 137 Å². The quantitative estimate of drug-likeness (QED) is 0.815. The number of sulfonamides is 1. The van der Waals surface area contributed by atoms with Gasteiger partial charge in [-0.15, -0.1) is 11.3 Å². The minimum atomic E-state index is -3.61. The Balaban J connectivity index is 2.40. The number of hydrogen-bond acceptors (Lipinski definition) is 5. The van der Waals surface area contributed by atoms with Crippen LogP contribution < -0.4 is 5.73 Å².